The van der Waals surface area contributed by atoms with E-state index in [-0.39, 0.29) is 11.2 Å². The minimum absolute atomic E-state index is 0.000252. The second kappa shape index (κ2) is 6.54. The van der Waals surface area contributed by atoms with E-state index >= 15 is 0 Å². The quantitative estimate of drug-likeness (QED) is 0.641. The molecule has 0 aliphatic carbocycles. The fourth-order valence-electron chi connectivity index (χ4n) is 2.28. The Kier molecular flexibility index (Phi) is 4.58. The van der Waals surface area contributed by atoms with Gasteiger partial charge in [0, 0.05) is 0 Å². The number of nitrogens with zero attached hydrogens (tertiary/aromatic N) is 1. The first-order valence-electron chi connectivity index (χ1n) is 6.99. The van der Waals surface area contributed by atoms with Crippen molar-refractivity contribution in [3.8, 4) is 0 Å². The Hall–Kier alpha value is -2.31. The van der Waals surface area contributed by atoms with Crippen LogP contribution in [0.3, 0.4) is 0 Å². The third kappa shape index (κ3) is 3.70. The van der Waals surface area contributed by atoms with Crippen molar-refractivity contribution in [3.05, 3.63) is 73.7 Å². The number of rotatable bonds is 2. The lowest BCUT2D eigenvalue weighted by Crippen LogP contribution is -2.14. The Morgan fingerprint density at radius 3 is 2.48 bits per heavy atom. The summed E-state index contributed by atoms with van der Waals surface area (Å²) in [6.07, 6.45) is -1.65. The second-order valence-corrected chi connectivity index (χ2v) is 5.97. The lowest BCUT2D eigenvalue weighted by Gasteiger charge is -2.09. The molecule has 8 heteroatoms. The Morgan fingerprint density at radius 2 is 1.80 bits per heavy atom. The van der Waals surface area contributed by atoms with E-state index in [0.29, 0.717) is 15.6 Å². The summed E-state index contributed by atoms with van der Waals surface area (Å²) in [5, 5.41) is 0.593. The highest BCUT2D eigenvalue weighted by Gasteiger charge is 2.33. The van der Waals surface area contributed by atoms with Crippen LogP contribution in [-0.2, 0) is 6.18 Å². The molecule has 0 saturated carbocycles. The van der Waals surface area contributed by atoms with Crippen LogP contribution >= 0.6 is 23.2 Å². The molecule has 0 atom stereocenters. The van der Waals surface area contributed by atoms with Crippen LogP contribution in [0.4, 0.5) is 13.2 Å². The van der Waals surface area contributed by atoms with Gasteiger partial charge in [-0.2, -0.15) is 13.2 Å². The standard InChI is InChI=1S/C17H9Cl2F3N2O/c18-12-6-4-9(8-13(12)19)5-7-14-23-15-10(16(25)24-14)2-1-3-11(15)17(20,21)22/h1-8H,(H,23,24,25)/b7-5+. The minimum Gasteiger partial charge on any atom is -0.306 e. The SMILES string of the molecule is O=c1[nH]c(/C=C/c2ccc(Cl)c(Cl)c2)nc2c(C(F)(F)F)cccc12. The van der Waals surface area contributed by atoms with Crippen molar-refractivity contribution in [1.29, 1.82) is 0 Å². The molecular formula is C17H9Cl2F3N2O. The van der Waals surface area contributed by atoms with Crippen molar-refractivity contribution < 1.29 is 13.2 Å². The van der Waals surface area contributed by atoms with E-state index in [1.54, 1.807) is 24.3 Å². The molecule has 0 aliphatic heterocycles. The monoisotopic (exact) mass is 384 g/mol. The first-order valence-corrected chi connectivity index (χ1v) is 7.74. The predicted octanol–water partition coefficient (Wildman–Crippen LogP) is 5.42. The van der Waals surface area contributed by atoms with Crippen LogP contribution in [-0.4, -0.2) is 9.97 Å². The largest absolute Gasteiger partial charge is 0.418 e. The van der Waals surface area contributed by atoms with E-state index in [9.17, 15) is 18.0 Å². The van der Waals surface area contributed by atoms with Gasteiger partial charge in [-0.05, 0) is 35.9 Å². The number of aromatic amines is 1. The lowest BCUT2D eigenvalue weighted by molar-refractivity contribution is -0.136. The molecule has 0 unspecified atom stereocenters. The number of aromatic nitrogens is 2. The number of nitrogens with one attached hydrogen (secondary N) is 1. The first-order chi connectivity index (χ1) is 11.8. The number of hydrogen-bond acceptors (Lipinski definition) is 2. The van der Waals surface area contributed by atoms with Crippen molar-refractivity contribution >= 4 is 46.3 Å². The Morgan fingerprint density at radius 1 is 1.04 bits per heavy atom. The first kappa shape index (κ1) is 17.5. The predicted molar refractivity (Wildman–Crippen MR) is 92.8 cm³/mol. The van der Waals surface area contributed by atoms with Gasteiger partial charge in [0.15, 0.2) is 0 Å². The van der Waals surface area contributed by atoms with Crippen molar-refractivity contribution in [1.82, 2.24) is 9.97 Å². The highest BCUT2D eigenvalue weighted by molar-refractivity contribution is 6.42. The van der Waals surface area contributed by atoms with Gasteiger partial charge >= 0.3 is 6.18 Å². The van der Waals surface area contributed by atoms with Crippen LogP contribution in [0.1, 0.15) is 17.0 Å². The molecule has 1 heterocycles. The minimum atomic E-state index is -4.61. The number of para-hydroxylation sites is 1. The highest BCUT2D eigenvalue weighted by Crippen LogP contribution is 2.33. The summed E-state index contributed by atoms with van der Waals surface area (Å²) in [7, 11) is 0. The van der Waals surface area contributed by atoms with Crippen LogP contribution in [0, 0.1) is 0 Å². The molecule has 3 rings (SSSR count). The van der Waals surface area contributed by atoms with E-state index in [2.05, 4.69) is 9.97 Å². The van der Waals surface area contributed by atoms with Crippen LogP contribution in [0.25, 0.3) is 23.1 Å². The van der Waals surface area contributed by atoms with Gasteiger partial charge in [0.05, 0.1) is 26.5 Å². The van der Waals surface area contributed by atoms with E-state index in [0.717, 1.165) is 6.07 Å². The molecule has 128 valence electrons. The smallest absolute Gasteiger partial charge is 0.306 e. The normalized spacial score (nSPS) is 12.2. The fourth-order valence-corrected chi connectivity index (χ4v) is 2.58. The summed E-state index contributed by atoms with van der Waals surface area (Å²) in [5.41, 5.74) is -1.35. The fraction of sp³-hybridized carbons (Fsp3) is 0.0588. The van der Waals surface area contributed by atoms with Gasteiger partial charge < -0.3 is 4.98 Å². The van der Waals surface area contributed by atoms with Gasteiger partial charge in [0.2, 0.25) is 0 Å². The second-order valence-electron chi connectivity index (χ2n) is 5.16. The molecule has 0 saturated heterocycles. The molecular weight excluding hydrogens is 376 g/mol. The van der Waals surface area contributed by atoms with Crippen molar-refractivity contribution in [3.63, 3.8) is 0 Å². The Balaban J connectivity index is 2.09. The molecule has 0 radical (unpaired) electrons. The lowest BCUT2D eigenvalue weighted by atomic mass is 10.1. The maximum Gasteiger partial charge on any atom is 0.418 e. The molecule has 3 aromatic rings. The molecule has 0 fully saturated rings. The summed E-state index contributed by atoms with van der Waals surface area (Å²) < 4.78 is 39.4. The molecule has 2 aromatic carbocycles. The van der Waals surface area contributed by atoms with E-state index < -0.39 is 22.8 Å². The van der Waals surface area contributed by atoms with Crippen LogP contribution in [0.2, 0.25) is 10.0 Å². The zero-order valence-electron chi connectivity index (χ0n) is 12.4. The molecule has 0 bridgehead atoms. The third-order valence-electron chi connectivity index (χ3n) is 3.44. The van der Waals surface area contributed by atoms with E-state index in [4.69, 9.17) is 23.2 Å². The summed E-state index contributed by atoms with van der Waals surface area (Å²) in [6.45, 7) is 0. The molecule has 25 heavy (non-hydrogen) atoms. The van der Waals surface area contributed by atoms with Gasteiger partial charge in [-0.25, -0.2) is 4.98 Å². The number of alkyl halides is 3. The Bertz CT molecular complexity index is 1040. The van der Waals surface area contributed by atoms with Gasteiger partial charge in [-0.1, -0.05) is 41.4 Å². The zero-order valence-corrected chi connectivity index (χ0v) is 13.9. The van der Waals surface area contributed by atoms with Crippen LogP contribution < -0.4 is 5.56 Å². The zero-order chi connectivity index (χ0) is 18.2. The highest BCUT2D eigenvalue weighted by atomic mass is 35.5. The molecule has 0 aliphatic rings. The molecule has 1 aromatic heterocycles. The van der Waals surface area contributed by atoms with Gasteiger partial charge in [-0.15, -0.1) is 0 Å². The van der Waals surface area contributed by atoms with E-state index in [1.807, 2.05) is 0 Å². The Labute approximate surface area is 149 Å². The molecule has 0 amide bonds. The van der Waals surface area contributed by atoms with Crippen molar-refractivity contribution in [2.24, 2.45) is 0 Å². The summed E-state index contributed by atoms with van der Waals surface area (Å²) in [6, 6.07) is 8.20. The third-order valence-corrected chi connectivity index (χ3v) is 4.18. The van der Waals surface area contributed by atoms with Crippen LogP contribution in [0.15, 0.2) is 41.2 Å². The number of H-pyrrole nitrogens is 1. The topological polar surface area (TPSA) is 45.8 Å². The van der Waals surface area contributed by atoms with E-state index in [1.165, 1.54) is 18.2 Å². The van der Waals surface area contributed by atoms with Crippen LogP contribution in [0.5, 0.6) is 0 Å². The maximum atomic E-state index is 13.1. The van der Waals surface area contributed by atoms with Crippen molar-refractivity contribution in [2.75, 3.05) is 0 Å². The van der Waals surface area contributed by atoms with Gasteiger partial charge in [-0.3, -0.25) is 4.79 Å². The van der Waals surface area contributed by atoms with Crippen molar-refractivity contribution in [2.45, 2.75) is 6.18 Å². The number of benzene rings is 2. The summed E-state index contributed by atoms with van der Waals surface area (Å²) >= 11 is 11.7. The molecule has 1 N–H and O–H groups in total. The average molecular weight is 385 g/mol. The molecule has 3 nitrogen and oxygen atoms in total. The number of hydrogen-bond donors (Lipinski definition) is 1. The van der Waals surface area contributed by atoms with Gasteiger partial charge in [0.25, 0.3) is 5.56 Å². The maximum absolute atomic E-state index is 13.1. The van der Waals surface area contributed by atoms with Gasteiger partial charge in [0.1, 0.15) is 5.82 Å². The number of fused-ring (bicyclic) bond motifs is 1. The summed E-state index contributed by atoms with van der Waals surface area (Å²) in [5.74, 6) is 0.000252. The molecule has 0 spiro atoms. The average Bonchev–Trinajstić information content (AvgIpc) is 2.54. The summed E-state index contributed by atoms with van der Waals surface area (Å²) in [4.78, 5) is 18.4. The number of halogens is 5.